The van der Waals surface area contributed by atoms with Crippen molar-refractivity contribution in [1.29, 1.82) is 0 Å². The SMILES string of the molecule is CCC(C)c1c(C)cc2[nH]ncc2c1-c1ncc2c(N3CCC[C@@](C)(O)C3)nc(OC[C@@]34CCCN3C[C@H](F)C4)nc2c1F. The number of fused-ring (bicyclic) bond motifs is 3. The monoisotopic (exact) mass is 605 g/mol. The fourth-order valence-electron chi connectivity index (χ4n) is 7.89. The van der Waals surface area contributed by atoms with Gasteiger partial charge in [0.05, 0.1) is 28.2 Å². The molecule has 44 heavy (non-hydrogen) atoms. The zero-order chi connectivity index (χ0) is 30.8. The van der Waals surface area contributed by atoms with E-state index in [-0.39, 0.29) is 29.7 Å². The maximum Gasteiger partial charge on any atom is 0.319 e. The fourth-order valence-corrected chi connectivity index (χ4v) is 7.89. The van der Waals surface area contributed by atoms with Gasteiger partial charge < -0.3 is 14.7 Å². The third-order valence-corrected chi connectivity index (χ3v) is 10.2. The van der Waals surface area contributed by atoms with Crippen LogP contribution in [0.4, 0.5) is 14.6 Å². The van der Waals surface area contributed by atoms with Gasteiger partial charge in [-0.25, -0.2) is 8.78 Å². The molecule has 0 spiro atoms. The minimum absolute atomic E-state index is 0.0529. The fraction of sp³-hybridized carbons (Fsp3) is 0.576. The lowest BCUT2D eigenvalue weighted by atomic mass is 9.86. The number of nitrogens with one attached hydrogen (secondary N) is 1. The van der Waals surface area contributed by atoms with Crippen LogP contribution in [0.3, 0.4) is 0 Å². The molecule has 3 aliphatic rings. The van der Waals surface area contributed by atoms with Crippen molar-refractivity contribution in [3.63, 3.8) is 0 Å². The van der Waals surface area contributed by atoms with E-state index in [1.165, 1.54) is 0 Å². The highest BCUT2D eigenvalue weighted by Crippen LogP contribution is 2.43. The van der Waals surface area contributed by atoms with Crippen LogP contribution in [0.25, 0.3) is 33.1 Å². The Morgan fingerprint density at radius 3 is 2.80 bits per heavy atom. The minimum Gasteiger partial charge on any atom is -0.461 e. The number of hydrogen-bond acceptors (Lipinski definition) is 8. The van der Waals surface area contributed by atoms with Gasteiger partial charge in [-0.05, 0) is 75.6 Å². The molecule has 4 atom stereocenters. The van der Waals surface area contributed by atoms with Crippen molar-refractivity contribution in [1.82, 2.24) is 30.0 Å². The van der Waals surface area contributed by atoms with Crippen LogP contribution >= 0.6 is 0 Å². The summed E-state index contributed by atoms with van der Waals surface area (Å²) in [5.41, 5.74) is 2.62. The number of benzene rings is 1. The number of β-amino-alcohol motifs (C(OH)–C–C–N with tert-alkyl or cyclic N) is 1. The third-order valence-electron chi connectivity index (χ3n) is 10.2. The van der Waals surface area contributed by atoms with Gasteiger partial charge in [0.1, 0.15) is 29.8 Å². The zero-order valence-electron chi connectivity index (χ0n) is 26.0. The first-order chi connectivity index (χ1) is 21.1. The summed E-state index contributed by atoms with van der Waals surface area (Å²) in [6.07, 6.45) is 7.04. The van der Waals surface area contributed by atoms with Crippen molar-refractivity contribution in [2.45, 2.75) is 89.4 Å². The van der Waals surface area contributed by atoms with Gasteiger partial charge in [0.15, 0.2) is 5.82 Å². The smallest absolute Gasteiger partial charge is 0.319 e. The summed E-state index contributed by atoms with van der Waals surface area (Å²) in [5, 5.41) is 19.5. The summed E-state index contributed by atoms with van der Waals surface area (Å²) in [4.78, 5) is 18.3. The van der Waals surface area contributed by atoms with E-state index in [0.717, 1.165) is 54.3 Å². The normalized spacial score (nSPS) is 26.5. The number of aliphatic hydroxyl groups is 1. The molecule has 11 heteroatoms. The van der Waals surface area contributed by atoms with Gasteiger partial charge >= 0.3 is 6.01 Å². The summed E-state index contributed by atoms with van der Waals surface area (Å²) >= 11 is 0. The summed E-state index contributed by atoms with van der Waals surface area (Å²) in [6.45, 7) is 10.6. The van der Waals surface area contributed by atoms with E-state index in [1.54, 1.807) is 12.4 Å². The predicted molar refractivity (Wildman–Crippen MR) is 166 cm³/mol. The van der Waals surface area contributed by atoms with Crippen LogP contribution in [0.5, 0.6) is 6.01 Å². The van der Waals surface area contributed by atoms with Gasteiger partial charge in [-0.15, -0.1) is 0 Å². The number of H-pyrrole nitrogens is 1. The highest BCUT2D eigenvalue weighted by Gasteiger charge is 2.49. The van der Waals surface area contributed by atoms with Crippen LogP contribution < -0.4 is 9.64 Å². The molecule has 2 N–H and O–H groups in total. The Morgan fingerprint density at radius 1 is 1.18 bits per heavy atom. The van der Waals surface area contributed by atoms with Crippen LogP contribution in [0, 0.1) is 12.7 Å². The number of nitrogens with zero attached hydrogens (tertiary/aromatic N) is 6. The second kappa shape index (κ2) is 10.9. The van der Waals surface area contributed by atoms with Gasteiger partial charge in [-0.2, -0.15) is 15.1 Å². The van der Waals surface area contributed by atoms with E-state index in [9.17, 15) is 9.50 Å². The molecule has 1 aromatic carbocycles. The number of halogens is 2. The van der Waals surface area contributed by atoms with Crippen molar-refractivity contribution in [2.24, 2.45) is 0 Å². The quantitative estimate of drug-likeness (QED) is 0.271. The maximum atomic E-state index is 17.0. The second-order valence-electron chi connectivity index (χ2n) is 13.5. The molecule has 3 saturated heterocycles. The van der Waals surface area contributed by atoms with Crippen LogP contribution in [-0.4, -0.2) is 85.3 Å². The van der Waals surface area contributed by atoms with Crippen LogP contribution in [0.1, 0.15) is 76.3 Å². The average Bonchev–Trinajstić information content (AvgIpc) is 3.69. The van der Waals surface area contributed by atoms with E-state index < -0.39 is 23.1 Å². The Hall–Kier alpha value is -3.44. The molecule has 3 fully saturated rings. The van der Waals surface area contributed by atoms with Crippen molar-refractivity contribution in [3.8, 4) is 17.3 Å². The van der Waals surface area contributed by atoms with Gasteiger partial charge in [-0.3, -0.25) is 15.0 Å². The third kappa shape index (κ3) is 4.88. The van der Waals surface area contributed by atoms with E-state index in [0.29, 0.717) is 49.2 Å². The van der Waals surface area contributed by atoms with E-state index in [2.05, 4.69) is 40.0 Å². The molecule has 3 aromatic heterocycles. The Kier molecular flexibility index (Phi) is 7.23. The number of rotatable bonds is 7. The molecule has 6 heterocycles. The molecule has 7 rings (SSSR count). The van der Waals surface area contributed by atoms with Gasteiger partial charge in [-0.1, -0.05) is 13.8 Å². The summed E-state index contributed by atoms with van der Waals surface area (Å²) < 4.78 is 37.7. The predicted octanol–water partition coefficient (Wildman–Crippen LogP) is 5.84. The highest BCUT2D eigenvalue weighted by molar-refractivity contribution is 5.99. The average molecular weight is 606 g/mol. The molecule has 4 aromatic rings. The number of pyridine rings is 1. The molecule has 9 nitrogen and oxygen atoms in total. The molecule has 0 radical (unpaired) electrons. The molecule has 3 aliphatic heterocycles. The maximum absolute atomic E-state index is 17.0. The van der Waals surface area contributed by atoms with Crippen molar-refractivity contribution >= 4 is 27.6 Å². The lowest BCUT2D eigenvalue weighted by Gasteiger charge is -2.38. The lowest BCUT2D eigenvalue weighted by molar-refractivity contribution is 0.0447. The zero-order valence-corrected chi connectivity index (χ0v) is 26.0. The first-order valence-corrected chi connectivity index (χ1v) is 15.9. The summed E-state index contributed by atoms with van der Waals surface area (Å²) in [5.74, 6) is 0.0945. The van der Waals surface area contributed by atoms with Crippen LogP contribution in [-0.2, 0) is 0 Å². The number of hydrogen-bond donors (Lipinski definition) is 2. The Balaban J connectivity index is 1.38. The van der Waals surface area contributed by atoms with E-state index in [4.69, 9.17) is 14.7 Å². The molecule has 1 unspecified atom stereocenters. The van der Waals surface area contributed by atoms with Crippen molar-refractivity contribution in [2.75, 3.05) is 37.7 Å². The summed E-state index contributed by atoms with van der Waals surface area (Å²) in [7, 11) is 0. The van der Waals surface area contributed by atoms with Crippen LogP contribution in [0.15, 0.2) is 18.5 Å². The van der Waals surface area contributed by atoms with Gasteiger partial charge in [0.2, 0.25) is 0 Å². The second-order valence-corrected chi connectivity index (χ2v) is 13.5. The first-order valence-electron chi connectivity index (χ1n) is 15.9. The Morgan fingerprint density at radius 2 is 2.00 bits per heavy atom. The molecule has 0 saturated carbocycles. The molecule has 0 aliphatic carbocycles. The molecular weight excluding hydrogens is 564 g/mol. The highest BCUT2D eigenvalue weighted by atomic mass is 19.1. The number of anilines is 1. The minimum atomic E-state index is -0.911. The van der Waals surface area contributed by atoms with Crippen LogP contribution in [0.2, 0.25) is 0 Å². The lowest BCUT2D eigenvalue weighted by Crippen LogP contribution is -2.46. The molecule has 0 amide bonds. The van der Waals surface area contributed by atoms with E-state index >= 15 is 4.39 Å². The summed E-state index contributed by atoms with van der Waals surface area (Å²) in [6, 6.07) is 2.11. The molecule has 234 valence electrons. The largest absolute Gasteiger partial charge is 0.461 e. The first kappa shape index (κ1) is 29.3. The van der Waals surface area contributed by atoms with E-state index in [1.807, 2.05) is 18.7 Å². The molecular formula is C33H41F2N7O2. The standard InChI is InChI=1S/C33H41F2N7O2/c1-5-19(2)25-20(3)12-24-22(15-37-40-24)26(25)29-27(35)28-23(14-36-29)30(41-10-6-8-32(4,43)17-41)39-31(38-28)44-18-33-9-7-11-42(33)16-21(34)13-33/h12,14-15,19,21,43H,5-11,13,16-18H2,1-4H3,(H,37,40)/t19?,21-,32-,33+/m1/s1. The number of aromatic nitrogens is 5. The van der Waals surface area contributed by atoms with Gasteiger partial charge in [0.25, 0.3) is 0 Å². The topological polar surface area (TPSA) is 103 Å². The number of aromatic amines is 1. The number of alkyl halides is 1. The van der Waals surface area contributed by atoms with Crippen molar-refractivity contribution < 1.29 is 18.6 Å². The Labute approximate surface area is 256 Å². The van der Waals surface area contributed by atoms with Gasteiger partial charge in [0, 0.05) is 43.2 Å². The number of aryl methyl sites for hydroxylation is 1. The molecule has 0 bridgehead atoms. The number of piperidine rings is 1. The number of ether oxygens (including phenoxy) is 1. The van der Waals surface area contributed by atoms with Crippen molar-refractivity contribution in [3.05, 3.63) is 35.4 Å². The Bertz CT molecular complexity index is 1730.